The van der Waals surface area contributed by atoms with E-state index in [0.29, 0.717) is 11.4 Å². The van der Waals surface area contributed by atoms with E-state index in [1.165, 1.54) is 0 Å². The van der Waals surface area contributed by atoms with Crippen LogP contribution in [-0.2, 0) is 10.2 Å². The van der Waals surface area contributed by atoms with Gasteiger partial charge in [-0.25, -0.2) is 0 Å². The number of anilines is 2. The molecule has 1 aromatic rings. The molecule has 0 atom stereocenters. The van der Waals surface area contributed by atoms with E-state index in [-0.39, 0.29) is 6.04 Å². The molecule has 1 aromatic carbocycles. The minimum absolute atomic E-state index is 0.0800. The molecule has 0 heterocycles. The molecule has 1 fully saturated rings. The molecule has 1 aliphatic rings. The fourth-order valence-electron chi connectivity index (χ4n) is 1.53. The Morgan fingerprint density at radius 3 is 2.79 bits per heavy atom. The molecule has 0 spiro atoms. The van der Waals surface area contributed by atoms with Gasteiger partial charge in [-0.15, -0.1) is 11.8 Å². The summed E-state index contributed by atoms with van der Waals surface area (Å²) in [5.41, 5.74) is 6.68. The summed E-state index contributed by atoms with van der Waals surface area (Å²) in [5.74, 6) is 0.996. The van der Waals surface area contributed by atoms with E-state index in [0.717, 1.165) is 29.9 Å². The maximum Gasteiger partial charge on any atom is 0.299 e. The smallest absolute Gasteiger partial charge is 0.299 e. The molecule has 0 aliphatic heterocycles. The highest BCUT2D eigenvalue weighted by Crippen LogP contribution is 2.28. The first-order chi connectivity index (χ1) is 9.00. The average molecular weight is 301 g/mol. The maximum atomic E-state index is 11.8. The van der Waals surface area contributed by atoms with Gasteiger partial charge in [-0.3, -0.25) is 4.72 Å². The Balaban J connectivity index is 2.09. The van der Waals surface area contributed by atoms with Crippen molar-refractivity contribution >= 4 is 33.3 Å². The normalized spacial score (nSPS) is 15.4. The second kappa shape index (κ2) is 6.02. The number of hydrogen-bond acceptors (Lipinski definition) is 4. The van der Waals surface area contributed by atoms with Gasteiger partial charge >= 0.3 is 0 Å². The van der Waals surface area contributed by atoms with Gasteiger partial charge in [-0.05, 0) is 43.2 Å². The van der Waals surface area contributed by atoms with Crippen LogP contribution in [0.25, 0.3) is 0 Å². The molecule has 2 rings (SSSR count). The first-order valence-corrected chi connectivity index (χ1v) is 8.79. The third-order valence-electron chi connectivity index (χ3n) is 2.64. The zero-order valence-corrected chi connectivity index (χ0v) is 12.5. The van der Waals surface area contributed by atoms with Crippen molar-refractivity contribution in [2.45, 2.75) is 37.1 Å². The Labute approximate surface area is 118 Å². The number of thioether (sulfide) groups is 1. The Hall–Kier alpha value is -0.920. The predicted octanol–water partition coefficient (Wildman–Crippen LogP) is 2.18. The maximum absolute atomic E-state index is 11.8. The van der Waals surface area contributed by atoms with Crippen molar-refractivity contribution in [2.75, 3.05) is 16.2 Å². The minimum Gasteiger partial charge on any atom is -0.397 e. The molecular weight excluding hydrogens is 282 g/mol. The molecule has 19 heavy (non-hydrogen) atoms. The van der Waals surface area contributed by atoms with Crippen molar-refractivity contribution in [3.8, 4) is 0 Å². The summed E-state index contributed by atoms with van der Waals surface area (Å²) in [5, 5.41) is 0. The van der Waals surface area contributed by atoms with Crippen LogP contribution in [0.15, 0.2) is 23.1 Å². The topological polar surface area (TPSA) is 84.2 Å². The Bertz CT molecular complexity index is 542. The molecular formula is C12H19N3O2S2. The zero-order valence-electron chi connectivity index (χ0n) is 10.8. The van der Waals surface area contributed by atoms with Crippen molar-refractivity contribution in [3.63, 3.8) is 0 Å². The lowest BCUT2D eigenvalue weighted by Gasteiger charge is -2.12. The molecule has 1 aliphatic carbocycles. The minimum atomic E-state index is -3.52. The summed E-state index contributed by atoms with van der Waals surface area (Å²) in [7, 11) is -3.52. The van der Waals surface area contributed by atoms with Crippen LogP contribution in [0.2, 0.25) is 0 Å². The summed E-state index contributed by atoms with van der Waals surface area (Å²) < 4.78 is 28.8. The number of nitrogens with one attached hydrogen (secondary N) is 2. The Morgan fingerprint density at radius 2 is 2.16 bits per heavy atom. The lowest BCUT2D eigenvalue weighted by molar-refractivity contribution is 0.586. The summed E-state index contributed by atoms with van der Waals surface area (Å²) in [4.78, 5) is 1.01. The quantitative estimate of drug-likeness (QED) is 0.532. The van der Waals surface area contributed by atoms with Gasteiger partial charge < -0.3 is 5.73 Å². The van der Waals surface area contributed by atoms with E-state index < -0.39 is 10.2 Å². The number of benzene rings is 1. The van der Waals surface area contributed by atoms with Gasteiger partial charge in [0.2, 0.25) is 0 Å². The first-order valence-electron chi connectivity index (χ1n) is 6.32. The van der Waals surface area contributed by atoms with E-state index in [1.54, 1.807) is 23.9 Å². The van der Waals surface area contributed by atoms with Gasteiger partial charge in [-0.1, -0.05) is 6.92 Å². The molecule has 0 bridgehead atoms. The summed E-state index contributed by atoms with van der Waals surface area (Å²) >= 11 is 1.68. The van der Waals surface area contributed by atoms with Crippen LogP contribution < -0.4 is 15.2 Å². The lowest BCUT2D eigenvalue weighted by atomic mass is 10.3. The molecule has 0 amide bonds. The monoisotopic (exact) mass is 301 g/mol. The number of hydrogen-bond donors (Lipinski definition) is 3. The third-order valence-corrected chi connectivity index (χ3v) is 4.97. The Kier molecular flexibility index (Phi) is 4.59. The van der Waals surface area contributed by atoms with E-state index in [1.807, 2.05) is 6.07 Å². The van der Waals surface area contributed by atoms with Gasteiger partial charge in [0.05, 0.1) is 11.4 Å². The second-order valence-electron chi connectivity index (χ2n) is 4.60. The predicted molar refractivity (Wildman–Crippen MR) is 80.6 cm³/mol. The van der Waals surface area contributed by atoms with Gasteiger partial charge in [0.25, 0.3) is 10.2 Å². The van der Waals surface area contributed by atoms with Crippen LogP contribution >= 0.6 is 11.8 Å². The molecule has 0 saturated heterocycles. The molecule has 106 valence electrons. The van der Waals surface area contributed by atoms with E-state index in [2.05, 4.69) is 16.4 Å². The van der Waals surface area contributed by atoms with E-state index >= 15 is 0 Å². The lowest BCUT2D eigenvalue weighted by Crippen LogP contribution is -2.32. The largest absolute Gasteiger partial charge is 0.397 e. The van der Waals surface area contributed by atoms with Crippen LogP contribution in [0.5, 0.6) is 0 Å². The highest BCUT2D eigenvalue weighted by atomic mass is 32.2. The van der Waals surface area contributed by atoms with Gasteiger partial charge in [0, 0.05) is 10.9 Å². The summed E-state index contributed by atoms with van der Waals surface area (Å²) in [6, 6.07) is 5.49. The standard InChI is InChI=1S/C12H19N3O2S2/c1-2-7-18-10-5-6-11(13)12(8-10)15-19(16,17)14-9-3-4-9/h5-6,8-9,14-15H,2-4,7,13H2,1H3. The van der Waals surface area contributed by atoms with Crippen molar-refractivity contribution < 1.29 is 8.42 Å². The molecule has 0 radical (unpaired) electrons. The molecule has 5 nitrogen and oxygen atoms in total. The molecule has 0 unspecified atom stereocenters. The van der Waals surface area contributed by atoms with Crippen LogP contribution in [0.3, 0.4) is 0 Å². The molecule has 0 aromatic heterocycles. The van der Waals surface area contributed by atoms with Gasteiger partial charge in [-0.2, -0.15) is 13.1 Å². The SMILES string of the molecule is CCCSc1ccc(N)c(NS(=O)(=O)NC2CC2)c1. The molecule has 7 heteroatoms. The van der Waals surface area contributed by atoms with E-state index in [9.17, 15) is 8.42 Å². The van der Waals surface area contributed by atoms with Crippen LogP contribution in [-0.4, -0.2) is 20.2 Å². The summed E-state index contributed by atoms with van der Waals surface area (Å²) in [6.45, 7) is 2.10. The van der Waals surface area contributed by atoms with Crippen molar-refractivity contribution in [2.24, 2.45) is 0 Å². The highest BCUT2D eigenvalue weighted by molar-refractivity contribution is 7.99. The number of nitrogens with two attached hydrogens (primary N) is 1. The van der Waals surface area contributed by atoms with Crippen LogP contribution in [0, 0.1) is 0 Å². The fourth-order valence-corrected chi connectivity index (χ4v) is 3.53. The Morgan fingerprint density at radius 1 is 1.42 bits per heavy atom. The second-order valence-corrected chi connectivity index (χ2v) is 7.21. The summed E-state index contributed by atoms with van der Waals surface area (Å²) in [6.07, 6.45) is 2.88. The van der Waals surface area contributed by atoms with Crippen molar-refractivity contribution in [1.82, 2.24) is 4.72 Å². The van der Waals surface area contributed by atoms with E-state index in [4.69, 9.17) is 5.73 Å². The van der Waals surface area contributed by atoms with Crippen molar-refractivity contribution in [3.05, 3.63) is 18.2 Å². The van der Waals surface area contributed by atoms with Gasteiger partial charge in [0.1, 0.15) is 0 Å². The molecule has 1 saturated carbocycles. The first kappa shape index (κ1) is 14.5. The fraction of sp³-hybridized carbons (Fsp3) is 0.500. The van der Waals surface area contributed by atoms with Gasteiger partial charge in [0.15, 0.2) is 0 Å². The number of nitrogen functional groups attached to an aromatic ring is 1. The van der Waals surface area contributed by atoms with Crippen LogP contribution in [0.1, 0.15) is 26.2 Å². The number of rotatable bonds is 7. The van der Waals surface area contributed by atoms with Crippen LogP contribution in [0.4, 0.5) is 11.4 Å². The van der Waals surface area contributed by atoms with Crippen molar-refractivity contribution in [1.29, 1.82) is 0 Å². The average Bonchev–Trinajstić information content (AvgIpc) is 3.13. The zero-order chi connectivity index (χ0) is 13.9. The third kappa shape index (κ3) is 4.59. The highest BCUT2D eigenvalue weighted by Gasteiger charge is 2.27. The molecule has 4 N–H and O–H groups in total.